The van der Waals surface area contributed by atoms with Gasteiger partial charge in [0.05, 0.1) is 18.2 Å². The first-order valence-electron chi connectivity index (χ1n) is 5.99. The molecule has 0 aromatic carbocycles. The van der Waals surface area contributed by atoms with Gasteiger partial charge in [-0.3, -0.25) is 0 Å². The lowest BCUT2D eigenvalue weighted by molar-refractivity contribution is 0.211. The third-order valence-corrected chi connectivity index (χ3v) is 3.30. The van der Waals surface area contributed by atoms with Gasteiger partial charge in [0.2, 0.25) is 0 Å². The lowest BCUT2D eigenvalue weighted by Crippen LogP contribution is -2.34. The maximum Gasteiger partial charge on any atom is 0.346 e. The maximum atomic E-state index is 11.8. The van der Waals surface area contributed by atoms with Gasteiger partial charge in [0, 0.05) is 12.6 Å². The van der Waals surface area contributed by atoms with Crippen molar-refractivity contribution in [2.75, 3.05) is 6.54 Å². The molecule has 0 spiro atoms. The molecule has 1 unspecified atom stereocenters. The van der Waals surface area contributed by atoms with E-state index in [-0.39, 0.29) is 12.1 Å². The molecule has 1 aliphatic heterocycles. The summed E-state index contributed by atoms with van der Waals surface area (Å²) in [6, 6.07) is -0.115. The number of carbonyl (C=O) groups excluding carboxylic acids is 1. The van der Waals surface area contributed by atoms with Crippen molar-refractivity contribution in [2.45, 2.75) is 24.9 Å². The number of amides is 2. The summed E-state index contributed by atoms with van der Waals surface area (Å²) in [7, 11) is 0. The number of urea groups is 1. The SMILES string of the molecule is C=CCN1C(=O)N=C(N)C1c1cncn1C1CC1. The second-order valence-corrected chi connectivity index (χ2v) is 4.62. The fraction of sp³-hybridized carbons (Fsp3) is 0.417. The molecule has 1 aromatic heterocycles. The smallest absolute Gasteiger partial charge is 0.346 e. The molecule has 6 heteroatoms. The summed E-state index contributed by atoms with van der Waals surface area (Å²) in [4.78, 5) is 21.4. The van der Waals surface area contributed by atoms with Crippen LogP contribution in [0.4, 0.5) is 4.79 Å². The first-order chi connectivity index (χ1) is 8.72. The first-order valence-corrected chi connectivity index (χ1v) is 5.99. The van der Waals surface area contributed by atoms with Crippen molar-refractivity contribution >= 4 is 11.9 Å². The van der Waals surface area contributed by atoms with Gasteiger partial charge in [-0.15, -0.1) is 6.58 Å². The highest BCUT2D eigenvalue weighted by Gasteiger charge is 2.38. The summed E-state index contributed by atoms with van der Waals surface area (Å²) < 4.78 is 2.10. The van der Waals surface area contributed by atoms with Crippen LogP contribution in [0.1, 0.15) is 30.6 Å². The molecule has 3 rings (SSSR count). The Labute approximate surface area is 105 Å². The van der Waals surface area contributed by atoms with E-state index in [0.717, 1.165) is 18.5 Å². The van der Waals surface area contributed by atoms with Gasteiger partial charge in [0.15, 0.2) is 0 Å². The molecule has 2 amide bonds. The summed E-state index contributed by atoms with van der Waals surface area (Å²) in [6.07, 6.45) is 7.55. The van der Waals surface area contributed by atoms with Crippen molar-refractivity contribution in [1.82, 2.24) is 14.5 Å². The number of aliphatic imine (C=N–C) groups is 1. The quantitative estimate of drug-likeness (QED) is 0.811. The van der Waals surface area contributed by atoms with Gasteiger partial charge >= 0.3 is 6.03 Å². The van der Waals surface area contributed by atoms with Crippen LogP contribution in [0, 0.1) is 0 Å². The zero-order chi connectivity index (χ0) is 12.7. The van der Waals surface area contributed by atoms with E-state index in [1.807, 2.05) is 0 Å². The molecule has 94 valence electrons. The molecule has 2 aliphatic rings. The van der Waals surface area contributed by atoms with Crippen LogP contribution < -0.4 is 5.73 Å². The lowest BCUT2D eigenvalue weighted by Gasteiger charge is -2.23. The van der Waals surface area contributed by atoms with E-state index in [2.05, 4.69) is 21.1 Å². The number of amidine groups is 1. The van der Waals surface area contributed by atoms with Gasteiger partial charge in [0.1, 0.15) is 11.9 Å². The first kappa shape index (κ1) is 11.0. The predicted molar refractivity (Wildman–Crippen MR) is 67.2 cm³/mol. The number of hydrogen-bond acceptors (Lipinski definition) is 3. The van der Waals surface area contributed by atoms with E-state index in [9.17, 15) is 4.79 Å². The van der Waals surface area contributed by atoms with Crippen LogP contribution in [0.2, 0.25) is 0 Å². The van der Waals surface area contributed by atoms with Gasteiger partial charge < -0.3 is 15.2 Å². The number of hydrogen-bond donors (Lipinski definition) is 1. The Morgan fingerprint density at radius 3 is 3.00 bits per heavy atom. The molecule has 1 atom stereocenters. The van der Waals surface area contributed by atoms with Crippen molar-refractivity contribution in [3.8, 4) is 0 Å². The largest absolute Gasteiger partial charge is 0.385 e. The molecule has 2 N–H and O–H groups in total. The van der Waals surface area contributed by atoms with E-state index >= 15 is 0 Å². The fourth-order valence-corrected chi connectivity index (χ4v) is 2.32. The van der Waals surface area contributed by atoms with Crippen LogP contribution in [-0.4, -0.2) is 32.9 Å². The van der Waals surface area contributed by atoms with Crippen molar-refractivity contribution in [1.29, 1.82) is 0 Å². The number of carbonyl (C=O) groups is 1. The lowest BCUT2D eigenvalue weighted by atomic mass is 10.2. The molecule has 1 aliphatic carbocycles. The minimum Gasteiger partial charge on any atom is -0.385 e. The summed E-state index contributed by atoms with van der Waals surface area (Å²) in [6.45, 7) is 4.10. The minimum absolute atomic E-state index is 0.305. The molecule has 18 heavy (non-hydrogen) atoms. The van der Waals surface area contributed by atoms with Crippen LogP contribution >= 0.6 is 0 Å². The molecule has 6 nitrogen and oxygen atoms in total. The Morgan fingerprint density at radius 1 is 1.56 bits per heavy atom. The van der Waals surface area contributed by atoms with E-state index in [1.165, 1.54) is 0 Å². The Hall–Kier alpha value is -2.11. The summed E-state index contributed by atoms with van der Waals surface area (Å²) in [5.41, 5.74) is 6.82. The van der Waals surface area contributed by atoms with Gasteiger partial charge in [-0.2, -0.15) is 4.99 Å². The average molecular weight is 245 g/mol. The number of rotatable bonds is 4. The fourth-order valence-electron chi connectivity index (χ4n) is 2.32. The Kier molecular flexibility index (Phi) is 2.43. The molecule has 0 radical (unpaired) electrons. The zero-order valence-electron chi connectivity index (χ0n) is 9.99. The second kappa shape index (κ2) is 3.97. The summed E-state index contributed by atoms with van der Waals surface area (Å²) >= 11 is 0. The maximum absolute atomic E-state index is 11.8. The van der Waals surface area contributed by atoms with Crippen LogP contribution in [0.15, 0.2) is 30.2 Å². The normalized spacial score (nSPS) is 23.3. The molecule has 0 bridgehead atoms. The standard InChI is InChI=1S/C12H15N5O/c1-2-5-16-10(11(13)15-12(16)18)9-6-14-7-17(9)8-3-4-8/h2,6-8,10H,1,3-5H2,(H2,13,15,18). The minimum atomic E-state index is -0.307. The van der Waals surface area contributed by atoms with E-state index in [4.69, 9.17) is 5.73 Å². The molecule has 1 saturated carbocycles. The van der Waals surface area contributed by atoms with Crippen molar-refractivity contribution in [3.63, 3.8) is 0 Å². The highest BCUT2D eigenvalue weighted by atomic mass is 16.2. The highest BCUT2D eigenvalue weighted by molar-refractivity contribution is 6.03. The predicted octanol–water partition coefficient (Wildman–Crippen LogP) is 1.24. The van der Waals surface area contributed by atoms with Crippen molar-refractivity contribution in [2.24, 2.45) is 10.7 Å². The molecular weight excluding hydrogens is 230 g/mol. The van der Waals surface area contributed by atoms with E-state index in [0.29, 0.717) is 18.4 Å². The van der Waals surface area contributed by atoms with Gasteiger partial charge in [-0.1, -0.05) is 6.08 Å². The molecule has 2 heterocycles. The highest BCUT2D eigenvalue weighted by Crippen LogP contribution is 2.38. The number of imidazole rings is 1. The van der Waals surface area contributed by atoms with Crippen molar-refractivity contribution in [3.05, 3.63) is 30.9 Å². The second-order valence-electron chi connectivity index (χ2n) is 4.62. The zero-order valence-corrected chi connectivity index (χ0v) is 9.99. The third kappa shape index (κ3) is 1.61. The van der Waals surface area contributed by atoms with Gasteiger partial charge in [-0.05, 0) is 12.8 Å². The average Bonchev–Trinajstić information content (AvgIpc) is 3.01. The third-order valence-electron chi connectivity index (χ3n) is 3.30. The van der Waals surface area contributed by atoms with Crippen LogP contribution in [0.5, 0.6) is 0 Å². The molecule has 1 aromatic rings. The number of nitrogens with two attached hydrogens (primary N) is 1. The van der Waals surface area contributed by atoms with Crippen molar-refractivity contribution < 1.29 is 4.79 Å². The molecule has 0 saturated heterocycles. The Morgan fingerprint density at radius 2 is 2.33 bits per heavy atom. The molecule has 1 fully saturated rings. The Balaban J connectivity index is 1.97. The summed E-state index contributed by atoms with van der Waals surface area (Å²) in [5.74, 6) is 0.337. The van der Waals surface area contributed by atoms with Gasteiger partial charge in [0.25, 0.3) is 0 Å². The monoisotopic (exact) mass is 245 g/mol. The number of aromatic nitrogens is 2. The van der Waals surface area contributed by atoms with Crippen LogP contribution in [0.3, 0.4) is 0 Å². The van der Waals surface area contributed by atoms with E-state index < -0.39 is 0 Å². The van der Waals surface area contributed by atoms with Gasteiger partial charge in [-0.25, -0.2) is 9.78 Å². The summed E-state index contributed by atoms with van der Waals surface area (Å²) in [5, 5.41) is 0. The van der Waals surface area contributed by atoms with Crippen LogP contribution in [-0.2, 0) is 0 Å². The van der Waals surface area contributed by atoms with Crippen LogP contribution in [0.25, 0.3) is 0 Å². The number of nitrogens with zero attached hydrogens (tertiary/aromatic N) is 4. The van der Waals surface area contributed by atoms with E-state index in [1.54, 1.807) is 23.5 Å². The molecular formula is C12H15N5O. The topological polar surface area (TPSA) is 76.5 Å². The Bertz CT molecular complexity index is 528.